The van der Waals surface area contributed by atoms with Crippen molar-refractivity contribution >= 4 is 27.7 Å². The fourth-order valence-corrected chi connectivity index (χ4v) is 1.78. The Morgan fingerprint density at radius 2 is 2.21 bits per heavy atom. The van der Waals surface area contributed by atoms with Gasteiger partial charge in [-0.1, -0.05) is 12.1 Å². The zero-order chi connectivity index (χ0) is 9.80. The first-order chi connectivity index (χ1) is 6.86. The van der Waals surface area contributed by atoms with Crippen molar-refractivity contribution in [1.82, 2.24) is 8.75 Å². The van der Waals surface area contributed by atoms with Crippen LogP contribution in [-0.4, -0.2) is 8.75 Å². The molecule has 0 atom stereocenters. The number of rotatable bonds is 3. The van der Waals surface area contributed by atoms with Gasteiger partial charge in [0.05, 0.1) is 22.4 Å². The number of aromatic nitrogens is 2. The molecule has 14 heavy (non-hydrogen) atoms. The second kappa shape index (κ2) is 4.52. The monoisotopic (exact) mass is 270 g/mol. The lowest BCUT2D eigenvalue weighted by Gasteiger charge is -2.05. The van der Waals surface area contributed by atoms with Crippen LogP contribution in [-0.2, 0) is 6.61 Å². The van der Waals surface area contributed by atoms with E-state index in [4.69, 9.17) is 4.74 Å². The zero-order valence-electron chi connectivity index (χ0n) is 7.18. The molecule has 0 amide bonds. The van der Waals surface area contributed by atoms with E-state index in [0.717, 1.165) is 15.9 Å². The summed E-state index contributed by atoms with van der Waals surface area (Å²) in [6.07, 6.45) is 1.71. The Morgan fingerprint density at radius 3 is 2.93 bits per heavy atom. The Hall–Kier alpha value is -0.940. The van der Waals surface area contributed by atoms with Crippen molar-refractivity contribution in [2.45, 2.75) is 6.61 Å². The third-order valence-corrected chi connectivity index (χ3v) is 2.79. The molecule has 5 heteroatoms. The first-order valence-corrected chi connectivity index (χ1v) is 5.52. The highest BCUT2D eigenvalue weighted by atomic mass is 79.9. The van der Waals surface area contributed by atoms with E-state index in [9.17, 15) is 0 Å². The van der Waals surface area contributed by atoms with Gasteiger partial charge in [0.1, 0.15) is 18.1 Å². The Kier molecular flexibility index (Phi) is 3.10. The van der Waals surface area contributed by atoms with Crippen LogP contribution in [0.15, 0.2) is 34.9 Å². The number of ether oxygens (including phenoxy) is 1. The molecule has 0 fully saturated rings. The summed E-state index contributed by atoms with van der Waals surface area (Å²) in [5.74, 6) is 0.820. The predicted octanol–water partition coefficient (Wildman–Crippen LogP) is 2.88. The average Bonchev–Trinajstić information content (AvgIpc) is 2.69. The predicted molar refractivity (Wildman–Crippen MR) is 58.4 cm³/mol. The smallest absolute Gasteiger partial charge is 0.134 e. The summed E-state index contributed by atoms with van der Waals surface area (Å²) in [5, 5.41) is 0. The van der Waals surface area contributed by atoms with Crippen LogP contribution in [0.1, 0.15) is 5.69 Å². The van der Waals surface area contributed by atoms with Crippen molar-refractivity contribution in [3.8, 4) is 5.75 Å². The van der Waals surface area contributed by atoms with E-state index in [2.05, 4.69) is 24.7 Å². The quantitative estimate of drug-likeness (QED) is 0.861. The number of nitrogens with zero attached hydrogens (tertiary/aromatic N) is 2. The third-order valence-electron chi connectivity index (χ3n) is 1.62. The van der Waals surface area contributed by atoms with E-state index in [0.29, 0.717) is 6.61 Å². The summed E-state index contributed by atoms with van der Waals surface area (Å²) >= 11 is 4.59. The topological polar surface area (TPSA) is 35.0 Å². The van der Waals surface area contributed by atoms with Gasteiger partial charge in [-0.25, -0.2) is 0 Å². The maximum absolute atomic E-state index is 5.54. The second-order valence-corrected chi connectivity index (χ2v) is 4.03. The van der Waals surface area contributed by atoms with Crippen molar-refractivity contribution in [2.24, 2.45) is 0 Å². The van der Waals surface area contributed by atoms with Gasteiger partial charge in [-0.15, -0.1) is 0 Å². The first-order valence-electron chi connectivity index (χ1n) is 4.00. The minimum absolute atomic E-state index is 0.457. The second-order valence-electron chi connectivity index (χ2n) is 2.62. The van der Waals surface area contributed by atoms with Crippen LogP contribution in [0, 0.1) is 0 Å². The molecule has 1 aromatic heterocycles. The molecule has 0 saturated carbocycles. The number of hydrogen-bond donors (Lipinski definition) is 0. The van der Waals surface area contributed by atoms with Gasteiger partial charge in [0.25, 0.3) is 0 Å². The number of para-hydroxylation sites is 1. The van der Waals surface area contributed by atoms with Gasteiger partial charge in [-0.05, 0) is 28.1 Å². The van der Waals surface area contributed by atoms with Crippen LogP contribution in [0.4, 0.5) is 0 Å². The first kappa shape index (κ1) is 9.61. The standard InChI is InChI=1S/C9H7BrN2OS/c10-8-3-1-2-4-9(8)13-6-7-5-11-14-12-7/h1-5H,6H2. The molecule has 0 aliphatic rings. The number of benzene rings is 1. The van der Waals surface area contributed by atoms with E-state index in [1.807, 2.05) is 24.3 Å². The molecule has 0 aliphatic heterocycles. The van der Waals surface area contributed by atoms with Gasteiger partial charge in [-0.3, -0.25) is 0 Å². The molecule has 72 valence electrons. The lowest BCUT2D eigenvalue weighted by atomic mass is 10.3. The maximum atomic E-state index is 5.54. The lowest BCUT2D eigenvalue weighted by Crippen LogP contribution is -1.95. The molecule has 2 rings (SSSR count). The average molecular weight is 271 g/mol. The van der Waals surface area contributed by atoms with Crippen LogP contribution in [0.5, 0.6) is 5.75 Å². The largest absolute Gasteiger partial charge is 0.486 e. The Morgan fingerprint density at radius 1 is 1.36 bits per heavy atom. The van der Waals surface area contributed by atoms with Crippen LogP contribution < -0.4 is 4.74 Å². The molecule has 0 bridgehead atoms. The summed E-state index contributed by atoms with van der Waals surface area (Å²) < 4.78 is 14.4. The normalized spacial score (nSPS) is 10.1. The van der Waals surface area contributed by atoms with Crippen molar-refractivity contribution in [1.29, 1.82) is 0 Å². The fourth-order valence-electron chi connectivity index (χ4n) is 0.961. The van der Waals surface area contributed by atoms with Crippen molar-refractivity contribution < 1.29 is 4.74 Å². The number of halogens is 1. The van der Waals surface area contributed by atoms with Gasteiger partial charge in [0, 0.05) is 0 Å². The van der Waals surface area contributed by atoms with Gasteiger partial charge >= 0.3 is 0 Å². The summed E-state index contributed by atoms with van der Waals surface area (Å²) in [5.41, 5.74) is 0.853. The fraction of sp³-hybridized carbons (Fsp3) is 0.111. The molecular formula is C9H7BrN2OS. The van der Waals surface area contributed by atoms with Gasteiger partial charge < -0.3 is 4.74 Å². The lowest BCUT2D eigenvalue weighted by molar-refractivity contribution is 0.300. The zero-order valence-corrected chi connectivity index (χ0v) is 9.59. The molecule has 0 saturated heterocycles. The molecule has 0 N–H and O–H groups in total. The van der Waals surface area contributed by atoms with Gasteiger partial charge in [0.2, 0.25) is 0 Å². The summed E-state index contributed by atoms with van der Waals surface area (Å²) in [6, 6.07) is 7.72. The highest BCUT2D eigenvalue weighted by Gasteiger charge is 2.01. The van der Waals surface area contributed by atoms with Crippen LogP contribution in [0.25, 0.3) is 0 Å². The molecule has 1 aromatic carbocycles. The molecule has 0 spiro atoms. The van der Waals surface area contributed by atoms with E-state index in [1.54, 1.807) is 6.20 Å². The minimum atomic E-state index is 0.457. The third kappa shape index (κ3) is 2.30. The Balaban J connectivity index is 2.02. The summed E-state index contributed by atoms with van der Waals surface area (Å²) in [4.78, 5) is 0. The van der Waals surface area contributed by atoms with E-state index in [1.165, 1.54) is 11.7 Å². The molecule has 3 nitrogen and oxygen atoms in total. The highest BCUT2D eigenvalue weighted by Crippen LogP contribution is 2.24. The van der Waals surface area contributed by atoms with Crippen LogP contribution in [0.2, 0.25) is 0 Å². The van der Waals surface area contributed by atoms with Crippen LogP contribution in [0.3, 0.4) is 0 Å². The summed E-state index contributed by atoms with van der Waals surface area (Å²) in [7, 11) is 0. The van der Waals surface area contributed by atoms with Gasteiger partial charge in [-0.2, -0.15) is 8.75 Å². The van der Waals surface area contributed by atoms with Crippen molar-refractivity contribution in [2.75, 3.05) is 0 Å². The van der Waals surface area contributed by atoms with Gasteiger partial charge in [0.15, 0.2) is 0 Å². The van der Waals surface area contributed by atoms with E-state index < -0.39 is 0 Å². The molecular weight excluding hydrogens is 264 g/mol. The maximum Gasteiger partial charge on any atom is 0.134 e. The molecule has 0 radical (unpaired) electrons. The van der Waals surface area contributed by atoms with Crippen LogP contribution >= 0.6 is 27.7 Å². The van der Waals surface area contributed by atoms with E-state index in [-0.39, 0.29) is 0 Å². The molecule has 0 unspecified atom stereocenters. The minimum Gasteiger partial charge on any atom is -0.486 e. The molecule has 2 aromatic rings. The summed E-state index contributed by atoms with van der Waals surface area (Å²) in [6.45, 7) is 0.457. The molecule has 1 heterocycles. The van der Waals surface area contributed by atoms with E-state index >= 15 is 0 Å². The Bertz CT molecular complexity index is 405. The Labute approximate surface area is 94.2 Å². The van der Waals surface area contributed by atoms with Crippen molar-refractivity contribution in [3.63, 3.8) is 0 Å². The number of hydrogen-bond acceptors (Lipinski definition) is 4. The molecule has 0 aliphatic carbocycles. The highest BCUT2D eigenvalue weighted by molar-refractivity contribution is 9.10. The van der Waals surface area contributed by atoms with Crippen molar-refractivity contribution in [3.05, 3.63) is 40.6 Å². The SMILES string of the molecule is Brc1ccccc1OCc1cnsn1.